The van der Waals surface area contributed by atoms with E-state index in [0.717, 1.165) is 17.8 Å². The smallest absolute Gasteiger partial charge is 0.0863 e. The SMILES string of the molecule is CC/C=C(\N)C(Cc1ccccc1)=Nc1ccccc1N. The second kappa shape index (κ2) is 7.29. The average Bonchev–Trinajstić information content (AvgIpc) is 2.50. The van der Waals surface area contributed by atoms with E-state index in [9.17, 15) is 0 Å². The fraction of sp³-hybridized carbons (Fsp3) is 0.167. The van der Waals surface area contributed by atoms with Crippen molar-refractivity contribution >= 4 is 17.1 Å². The number of nitrogen functional groups attached to an aromatic ring is 1. The Labute approximate surface area is 126 Å². The summed E-state index contributed by atoms with van der Waals surface area (Å²) in [6, 6.07) is 17.8. The van der Waals surface area contributed by atoms with E-state index in [4.69, 9.17) is 11.5 Å². The summed E-state index contributed by atoms with van der Waals surface area (Å²) in [4.78, 5) is 4.67. The van der Waals surface area contributed by atoms with Gasteiger partial charge in [-0.05, 0) is 24.1 Å². The Morgan fingerprint density at radius 1 is 1.05 bits per heavy atom. The van der Waals surface area contributed by atoms with Crippen LogP contribution >= 0.6 is 0 Å². The summed E-state index contributed by atoms with van der Waals surface area (Å²) in [5.74, 6) is 0. The van der Waals surface area contributed by atoms with Crippen LogP contribution in [0.15, 0.2) is 71.4 Å². The predicted molar refractivity (Wildman–Crippen MR) is 90.7 cm³/mol. The molecule has 0 heterocycles. The van der Waals surface area contributed by atoms with Gasteiger partial charge in [0.25, 0.3) is 0 Å². The zero-order chi connectivity index (χ0) is 15.1. The molecule has 2 rings (SSSR count). The van der Waals surface area contributed by atoms with Crippen LogP contribution in [0, 0.1) is 0 Å². The van der Waals surface area contributed by atoms with Crippen molar-refractivity contribution in [1.82, 2.24) is 0 Å². The minimum atomic E-state index is 0.660. The van der Waals surface area contributed by atoms with Gasteiger partial charge in [0.05, 0.1) is 17.1 Å². The van der Waals surface area contributed by atoms with Gasteiger partial charge in [0.1, 0.15) is 0 Å². The average molecular weight is 279 g/mol. The van der Waals surface area contributed by atoms with Gasteiger partial charge in [-0.3, -0.25) is 0 Å². The molecule has 0 atom stereocenters. The van der Waals surface area contributed by atoms with Crippen molar-refractivity contribution in [3.05, 3.63) is 71.9 Å². The van der Waals surface area contributed by atoms with Gasteiger partial charge < -0.3 is 11.5 Å². The van der Waals surface area contributed by atoms with E-state index in [2.05, 4.69) is 24.0 Å². The molecule has 0 aromatic heterocycles. The molecule has 2 aromatic rings. The molecule has 2 aromatic carbocycles. The summed E-state index contributed by atoms with van der Waals surface area (Å²) >= 11 is 0. The summed E-state index contributed by atoms with van der Waals surface area (Å²) in [5, 5.41) is 0. The fourth-order valence-electron chi connectivity index (χ4n) is 2.07. The van der Waals surface area contributed by atoms with E-state index in [-0.39, 0.29) is 0 Å². The van der Waals surface area contributed by atoms with Crippen molar-refractivity contribution in [3.63, 3.8) is 0 Å². The van der Waals surface area contributed by atoms with Crippen molar-refractivity contribution in [2.75, 3.05) is 5.73 Å². The number of nitrogens with zero attached hydrogens (tertiary/aromatic N) is 1. The highest BCUT2D eigenvalue weighted by Crippen LogP contribution is 2.22. The molecule has 0 fully saturated rings. The van der Waals surface area contributed by atoms with Crippen LogP contribution < -0.4 is 11.5 Å². The third-order valence-corrected chi connectivity index (χ3v) is 3.16. The zero-order valence-corrected chi connectivity index (χ0v) is 12.3. The molecule has 3 heteroatoms. The maximum atomic E-state index is 6.16. The van der Waals surface area contributed by atoms with Crippen LogP contribution in [-0.2, 0) is 6.42 Å². The van der Waals surface area contributed by atoms with Crippen LogP contribution in [0.3, 0.4) is 0 Å². The van der Waals surface area contributed by atoms with Crippen LogP contribution in [0.5, 0.6) is 0 Å². The molecule has 0 saturated carbocycles. The van der Waals surface area contributed by atoms with Gasteiger partial charge in [-0.15, -0.1) is 0 Å². The zero-order valence-electron chi connectivity index (χ0n) is 12.3. The van der Waals surface area contributed by atoms with Gasteiger partial charge in [0, 0.05) is 12.1 Å². The summed E-state index contributed by atoms with van der Waals surface area (Å²) < 4.78 is 0. The van der Waals surface area contributed by atoms with Gasteiger partial charge in [0.15, 0.2) is 0 Å². The highest BCUT2D eigenvalue weighted by atomic mass is 14.8. The Bertz CT molecular complexity index is 643. The van der Waals surface area contributed by atoms with Crippen molar-refractivity contribution in [2.24, 2.45) is 10.7 Å². The number of benzene rings is 2. The van der Waals surface area contributed by atoms with Gasteiger partial charge >= 0.3 is 0 Å². The molecule has 3 nitrogen and oxygen atoms in total. The van der Waals surface area contributed by atoms with Gasteiger partial charge in [-0.2, -0.15) is 0 Å². The van der Waals surface area contributed by atoms with E-state index in [1.807, 2.05) is 48.5 Å². The van der Waals surface area contributed by atoms with Gasteiger partial charge in [0.2, 0.25) is 0 Å². The summed E-state index contributed by atoms with van der Waals surface area (Å²) in [7, 11) is 0. The van der Waals surface area contributed by atoms with Gasteiger partial charge in [-0.1, -0.05) is 55.5 Å². The van der Waals surface area contributed by atoms with Crippen LogP contribution in [0.1, 0.15) is 18.9 Å². The fourth-order valence-corrected chi connectivity index (χ4v) is 2.07. The molecule has 0 bridgehead atoms. The first-order valence-electron chi connectivity index (χ1n) is 7.12. The van der Waals surface area contributed by atoms with Crippen LogP contribution in [0.25, 0.3) is 0 Å². The molecule has 0 aliphatic rings. The molecule has 0 saturated heterocycles. The topological polar surface area (TPSA) is 64.4 Å². The monoisotopic (exact) mass is 279 g/mol. The van der Waals surface area contributed by atoms with Gasteiger partial charge in [-0.25, -0.2) is 4.99 Å². The number of nitrogens with two attached hydrogens (primary N) is 2. The first kappa shape index (κ1) is 14.9. The maximum absolute atomic E-state index is 6.16. The molecule has 0 radical (unpaired) electrons. The lowest BCUT2D eigenvalue weighted by Crippen LogP contribution is -2.14. The van der Waals surface area contributed by atoms with E-state index < -0.39 is 0 Å². The Balaban J connectivity index is 2.37. The Morgan fingerprint density at radius 2 is 1.71 bits per heavy atom. The second-order valence-corrected chi connectivity index (χ2v) is 4.85. The number of hydrogen-bond acceptors (Lipinski definition) is 3. The number of rotatable bonds is 5. The first-order chi connectivity index (χ1) is 10.2. The van der Waals surface area contributed by atoms with Crippen LogP contribution in [0.4, 0.5) is 11.4 Å². The van der Waals surface area contributed by atoms with Crippen LogP contribution in [-0.4, -0.2) is 5.71 Å². The van der Waals surface area contributed by atoms with E-state index in [1.165, 1.54) is 5.56 Å². The lowest BCUT2D eigenvalue weighted by atomic mass is 10.1. The lowest BCUT2D eigenvalue weighted by molar-refractivity contribution is 1.18. The van der Waals surface area contributed by atoms with Crippen molar-refractivity contribution in [1.29, 1.82) is 0 Å². The second-order valence-electron chi connectivity index (χ2n) is 4.85. The first-order valence-corrected chi connectivity index (χ1v) is 7.12. The van der Waals surface area contributed by atoms with Crippen molar-refractivity contribution < 1.29 is 0 Å². The lowest BCUT2D eigenvalue weighted by Gasteiger charge is -2.09. The molecule has 0 aliphatic carbocycles. The quantitative estimate of drug-likeness (QED) is 0.645. The number of para-hydroxylation sites is 2. The van der Waals surface area contributed by atoms with E-state index in [0.29, 0.717) is 17.8 Å². The number of allylic oxidation sites excluding steroid dienone is 2. The van der Waals surface area contributed by atoms with E-state index >= 15 is 0 Å². The predicted octanol–water partition coefficient (Wildman–Crippen LogP) is 3.84. The maximum Gasteiger partial charge on any atom is 0.0863 e. The molecular formula is C18H21N3. The number of anilines is 1. The molecular weight excluding hydrogens is 258 g/mol. The highest BCUT2D eigenvalue weighted by Gasteiger charge is 2.06. The summed E-state index contributed by atoms with van der Waals surface area (Å²) in [6.07, 6.45) is 3.56. The summed E-state index contributed by atoms with van der Waals surface area (Å²) in [5.41, 5.74) is 16.3. The molecule has 4 N–H and O–H groups in total. The van der Waals surface area contributed by atoms with Crippen molar-refractivity contribution in [3.8, 4) is 0 Å². The Kier molecular flexibility index (Phi) is 5.16. The minimum Gasteiger partial charge on any atom is -0.398 e. The Hall–Kier alpha value is -2.55. The normalized spacial score (nSPS) is 12.4. The van der Waals surface area contributed by atoms with E-state index in [1.54, 1.807) is 0 Å². The third-order valence-electron chi connectivity index (χ3n) is 3.16. The minimum absolute atomic E-state index is 0.660. The summed E-state index contributed by atoms with van der Waals surface area (Å²) in [6.45, 7) is 2.06. The van der Waals surface area contributed by atoms with Crippen LogP contribution in [0.2, 0.25) is 0 Å². The largest absolute Gasteiger partial charge is 0.398 e. The van der Waals surface area contributed by atoms with Crippen molar-refractivity contribution in [2.45, 2.75) is 19.8 Å². The number of aliphatic imine (C=N–C) groups is 1. The molecule has 0 spiro atoms. The highest BCUT2D eigenvalue weighted by molar-refractivity contribution is 6.02. The molecule has 0 unspecified atom stereocenters. The molecule has 21 heavy (non-hydrogen) atoms. The third kappa shape index (κ3) is 4.21. The number of hydrogen-bond donors (Lipinski definition) is 2. The molecule has 0 amide bonds. The molecule has 108 valence electrons. The Morgan fingerprint density at radius 3 is 2.38 bits per heavy atom. The molecule has 0 aliphatic heterocycles. The standard InChI is InChI=1S/C18H21N3/c1-2-8-15(19)18(13-14-9-4-3-5-10-14)21-17-12-7-6-11-16(17)20/h3-12H,2,13,19-20H2,1H3/b15-8-,21-18?.